The highest BCUT2D eigenvalue weighted by molar-refractivity contribution is 5.78. The number of phenolic OH excluding ortho intramolecular Hbond substituents is 2. The van der Waals surface area contributed by atoms with E-state index in [1.54, 1.807) is 55.5 Å². The number of ether oxygens (including phenoxy) is 1. The molecular formula is C18H23NO6. The second-order valence-electron chi connectivity index (χ2n) is 3.97. The number of carbonyl (C=O) groups excluding carboxylic acids is 1. The molecule has 0 unspecified atom stereocenters. The Kier molecular flexibility index (Phi) is 16.1. The second kappa shape index (κ2) is 16.9. The van der Waals surface area contributed by atoms with Gasteiger partial charge in [0.05, 0.1) is 6.61 Å². The zero-order chi connectivity index (χ0) is 19.5. The molecule has 0 bridgehead atoms. The SMILES string of the molecule is C=CC(=O)O.CCOC(N)=O.Oc1ccccc1.Oc1ccccc1. The summed E-state index contributed by atoms with van der Waals surface area (Å²) in [5.41, 5.74) is 4.54. The molecule has 0 spiro atoms. The van der Waals surface area contributed by atoms with Crippen LogP contribution in [0.2, 0.25) is 0 Å². The van der Waals surface area contributed by atoms with Crippen LogP contribution in [0.5, 0.6) is 11.5 Å². The molecule has 25 heavy (non-hydrogen) atoms. The van der Waals surface area contributed by atoms with Gasteiger partial charge in [0.2, 0.25) is 0 Å². The molecule has 0 fully saturated rings. The van der Waals surface area contributed by atoms with E-state index in [9.17, 15) is 9.59 Å². The van der Waals surface area contributed by atoms with Crippen LogP contribution in [0.3, 0.4) is 0 Å². The topological polar surface area (TPSA) is 130 Å². The third kappa shape index (κ3) is 22.9. The summed E-state index contributed by atoms with van der Waals surface area (Å²) >= 11 is 0. The molecule has 0 saturated carbocycles. The summed E-state index contributed by atoms with van der Waals surface area (Å²) in [4.78, 5) is 18.8. The molecule has 2 aromatic carbocycles. The highest BCUT2D eigenvalue weighted by atomic mass is 16.5. The number of phenols is 2. The first-order valence-electron chi connectivity index (χ1n) is 7.09. The summed E-state index contributed by atoms with van der Waals surface area (Å²) < 4.78 is 4.18. The van der Waals surface area contributed by atoms with Crippen LogP contribution in [0.1, 0.15) is 6.92 Å². The zero-order valence-corrected chi connectivity index (χ0v) is 13.9. The van der Waals surface area contributed by atoms with Crippen molar-refractivity contribution in [3.8, 4) is 11.5 Å². The van der Waals surface area contributed by atoms with Crippen molar-refractivity contribution in [2.75, 3.05) is 6.61 Å². The largest absolute Gasteiger partial charge is 0.508 e. The lowest BCUT2D eigenvalue weighted by molar-refractivity contribution is -0.131. The van der Waals surface area contributed by atoms with Crippen molar-refractivity contribution in [2.24, 2.45) is 5.73 Å². The maximum atomic E-state index is 9.60. The Morgan fingerprint density at radius 2 is 1.32 bits per heavy atom. The molecule has 0 saturated heterocycles. The maximum absolute atomic E-state index is 9.60. The van der Waals surface area contributed by atoms with Crippen LogP contribution in [0.25, 0.3) is 0 Å². The molecule has 0 aliphatic carbocycles. The first-order chi connectivity index (χ1) is 11.8. The highest BCUT2D eigenvalue weighted by Crippen LogP contribution is 2.03. The number of nitrogens with two attached hydrogens (primary N) is 1. The summed E-state index contributed by atoms with van der Waals surface area (Å²) in [5.74, 6) is -0.338. The van der Waals surface area contributed by atoms with Gasteiger partial charge < -0.3 is 25.8 Å². The van der Waals surface area contributed by atoms with E-state index in [-0.39, 0.29) is 0 Å². The fraction of sp³-hybridized carbons (Fsp3) is 0.111. The van der Waals surface area contributed by atoms with Crippen LogP contribution in [-0.2, 0) is 9.53 Å². The van der Waals surface area contributed by atoms with Gasteiger partial charge in [0, 0.05) is 6.08 Å². The van der Waals surface area contributed by atoms with Crippen LogP contribution < -0.4 is 5.73 Å². The highest BCUT2D eigenvalue weighted by Gasteiger charge is 1.82. The third-order valence-electron chi connectivity index (χ3n) is 1.97. The minimum absolute atomic E-state index is 0.322. The third-order valence-corrected chi connectivity index (χ3v) is 1.97. The standard InChI is InChI=1S/2C6H6O.C3H7NO2.C3H4O2/c2*7-6-4-2-1-3-5-6;1-2-6-3(4)5;1-2-3(4)5/h2*1-5,7H;2H2,1H3,(H2,4,5);2H,1H2,(H,4,5). The monoisotopic (exact) mass is 349 g/mol. The van der Waals surface area contributed by atoms with Crippen LogP contribution in [0.4, 0.5) is 4.79 Å². The van der Waals surface area contributed by atoms with Gasteiger partial charge in [0.15, 0.2) is 0 Å². The van der Waals surface area contributed by atoms with Crippen LogP contribution in [0, 0.1) is 0 Å². The van der Waals surface area contributed by atoms with E-state index >= 15 is 0 Å². The fourth-order valence-corrected chi connectivity index (χ4v) is 0.998. The molecule has 1 amide bonds. The molecule has 0 heterocycles. The van der Waals surface area contributed by atoms with E-state index in [4.69, 9.17) is 15.3 Å². The zero-order valence-electron chi connectivity index (χ0n) is 13.9. The molecule has 7 heteroatoms. The molecule has 2 rings (SSSR count). The number of carbonyl (C=O) groups is 2. The number of primary amides is 1. The van der Waals surface area contributed by atoms with Crippen molar-refractivity contribution in [1.29, 1.82) is 0 Å². The normalized spacial score (nSPS) is 7.88. The molecule has 0 aliphatic rings. The Hall–Kier alpha value is -3.48. The Bertz CT molecular complexity index is 550. The Labute approximate surface area is 146 Å². The number of amides is 1. The van der Waals surface area contributed by atoms with E-state index < -0.39 is 12.1 Å². The van der Waals surface area contributed by atoms with Crippen molar-refractivity contribution in [3.63, 3.8) is 0 Å². The van der Waals surface area contributed by atoms with Gasteiger partial charge in [-0.1, -0.05) is 43.0 Å². The maximum Gasteiger partial charge on any atom is 0.404 e. The van der Waals surface area contributed by atoms with Gasteiger partial charge in [0.25, 0.3) is 0 Å². The lowest BCUT2D eigenvalue weighted by Gasteiger charge is -1.89. The molecular weight excluding hydrogens is 326 g/mol. The van der Waals surface area contributed by atoms with Crippen LogP contribution in [-0.4, -0.2) is 34.0 Å². The number of para-hydroxylation sites is 2. The minimum Gasteiger partial charge on any atom is -0.508 e. The molecule has 7 nitrogen and oxygen atoms in total. The number of aromatic hydroxyl groups is 2. The molecule has 2 aromatic rings. The quantitative estimate of drug-likeness (QED) is 0.616. The lowest BCUT2D eigenvalue weighted by atomic mass is 10.3. The average molecular weight is 349 g/mol. The van der Waals surface area contributed by atoms with E-state index in [2.05, 4.69) is 17.0 Å². The number of hydrogen-bond acceptors (Lipinski definition) is 5. The number of benzene rings is 2. The molecule has 0 aliphatic heterocycles. The number of aliphatic carboxylic acids is 1. The predicted molar refractivity (Wildman–Crippen MR) is 95.3 cm³/mol. The summed E-state index contributed by atoms with van der Waals surface area (Å²) in [6.45, 7) is 5.02. The van der Waals surface area contributed by atoms with Gasteiger partial charge in [-0.15, -0.1) is 0 Å². The lowest BCUT2D eigenvalue weighted by Crippen LogP contribution is -2.11. The first kappa shape index (κ1) is 23.8. The van der Waals surface area contributed by atoms with Gasteiger partial charge in [-0.25, -0.2) is 9.59 Å². The Morgan fingerprint density at radius 3 is 1.40 bits per heavy atom. The summed E-state index contributed by atoms with van der Waals surface area (Å²) in [6, 6.07) is 17.4. The van der Waals surface area contributed by atoms with E-state index in [0.717, 1.165) is 6.08 Å². The molecule has 136 valence electrons. The van der Waals surface area contributed by atoms with E-state index in [1.165, 1.54) is 0 Å². The first-order valence-corrected chi connectivity index (χ1v) is 7.09. The summed E-state index contributed by atoms with van der Waals surface area (Å²) in [7, 11) is 0. The van der Waals surface area contributed by atoms with Crippen molar-refractivity contribution < 1.29 is 29.6 Å². The molecule has 0 radical (unpaired) electrons. The summed E-state index contributed by atoms with van der Waals surface area (Å²) in [6.07, 6.45) is 0.123. The van der Waals surface area contributed by atoms with Gasteiger partial charge in [-0.05, 0) is 31.2 Å². The van der Waals surface area contributed by atoms with Crippen molar-refractivity contribution in [2.45, 2.75) is 6.92 Å². The van der Waals surface area contributed by atoms with Crippen molar-refractivity contribution in [3.05, 3.63) is 73.3 Å². The van der Waals surface area contributed by atoms with E-state index in [1.807, 2.05) is 12.1 Å². The van der Waals surface area contributed by atoms with Crippen LogP contribution >= 0.6 is 0 Å². The molecule has 0 atom stereocenters. The van der Waals surface area contributed by atoms with E-state index in [0.29, 0.717) is 18.1 Å². The Balaban J connectivity index is 0. The Morgan fingerprint density at radius 1 is 1.00 bits per heavy atom. The second-order valence-corrected chi connectivity index (χ2v) is 3.97. The smallest absolute Gasteiger partial charge is 0.404 e. The van der Waals surface area contributed by atoms with Crippen molar-refractivity contribution in [1.82, 2.24) is 0 Å². The predicted octanol–water partition coefficient (Wildman–Crippen LogP) is 3.14. The van der Waals surface area contributed by atoms with Crippen LogP contribution in [0.15, 0.2) is 73.3 Å². The molecule has 0 aromatic heterocycles. The number of rotatable bonds is 2. The number of carboxylic acids is 1. The van der Waals surface area contributed by atoms with Gasteiger partial charge in [0.1, 0.15) is 11.5 Å². The number of hydrogen-bond donors (Lipinski definition) is 4. The fourth-order valence-electron chi connectivity index (χ4n) is 0.998. The van der Waals surface area contributed by atoms with Gasteiger partial charge >= 0.3 is 12.1 Å². The van der Waals surface area contributed by atoms with Crippen molar-refractivity contribution >= 4 is 12.1 Å². The van der Waals surface area contributed by atoms with Gasteiger partial charge in [-0.2, -0.15) is 0 Å². The summed E-state index contributed by atoms with van der Waals surface area (Å²) in [5, 5.41) is 24.9. The molecule has 5 N–H and O–H groups in total. The number of carboxylic acid groups (broad SMARTS) is 1. The minimum atomic E-state index is -0.981. The van der Waals surface area contributed by atoms with Gasteiger partial charge in [-0.3, -0.25) is 0 Å². The average Bonchev–Trinajstić information content (AvgIpc) is 2.58.